The summed E-state index contributed by atoms with van der Waals surface area (Å²) in [6.45, 7) is 4.67. The minimum absolute atomic E-state index is 0.129. The van der Waals surface area contributed by atoms with E-state index in [1.165, 1.54) is 32.1 Å². The molecule has 4 aliphatic carbocycles. The highest BCUT2D eigenvalue weighted by atomic mass is 32.2. The molecule has 0 amide bonds. The number of fused-ring (bicyclic) bond motifs is 5. The van der Waals surface area contributed by atoms with E-state index in [0.29, 0.717) is 16.7 Å². The van der Waals surface area contributed by atoms with E-state index in [1.807, 2.05) is 18.2 Å². The predicted octanol–water partition coefficient (Wildman–Crippen LogP) is 5.65. The van der Waals surface area contributed by atoms with Crippen LogP contribution in [0.2, 0.25) is 0 Å². The molecule has 8 atom stereocenters. The summed E-state index contributed by atoms with van der Waals surface area (Å²) in [6, 6.07) is 8.99. The first-order valence-electron chi connectivity index (χ1n) is 12.4. The average molecular weight is 443 g/mol. The van der Waals surface area contributed by atoms with E-state index in [9.17, 15) is 13.5 Å². The zero-order valence-electron chi connectivity index (χ0n) is 19.0. The molecular weight excluding hydrogens is 404 g/mol. The summed E-state index contributed by atoms with van der Waals surface area (Å²) in [6.07, 6.45) is 11.5. The van der Waals surface area contributed by atoms with Crippen molar-refractivity contribution in [2.45, 2.75) is 76.2 Å². The molecule has 4 aliphatic rings. The summed E-state index contributed by atoms with van der Waals surface area (Å²) in [5.74, 6) is 3.91. The second-order valence-electron chi connectivity index (χ2n) is 11.3. The Morgan fingerprint density at radius 1 is 1.06 bits per heavy atom. The highest BCUT2D eigenvalue weighted by Gasteiger charge is 2.56. The van der Waals surface area contributed by atoms with Crippen LogP contribution < -0.4 is 0 Å². The summed E-state index contributed by atoms with van der Waals surface area (Å²) in [4.78, 5) is 0.467. The predicted molar refractivity (Wildman–Crippen MR) is 124 cm³/mol. The maximum absolute atomic E-state index is 13.0. The summed E-state index contributed by atoms with van der Waals surface area (Å²) < 4.78 is 26.1. The highest BCUT2D eigenvalue weighted by Crippen LogP contribution is 2.64. The Kier molecular flexibility index (Phi) is 5.62. The Labute approximate surface area is 188 Å². The fourth-order valence-corrected chi connectivity index (χ4v) is 10.1. The van der Waals surface area contributed by atoms with Crippen LogP contribution in [0.25, 0.3) is 0 Å². The molecule has 3 nitrogen and oxygen atoms in total. The van der Waals surface area contributed by atoms with Crippen molar-refractivity contribution in [1.82, 2.24) is 0 Å². The lowest BCUT2D eigenvalue weighted by Gasteiger charge is -2.54. The highest BCUT2D eigenvalue weighted by molar-refractivity contribution is 7.91. The van der Waals surface area contributed by atoms with Gasteiger partial charge in [-0.05, 0) is 104 Å². The Balaban J connectivity index is 1.34. The largest absolute Gasteiger partial charge is 0.393 e. The summed E-state index contributed by atoms with van der Waals surface area (Å²) in [5, 5.41) is 10.1. The van der Waals surface area contributed by atoms with Crippen molar-refractivity contribution in [3.63, 3.8) is 0 Å². The Hall–Kier alpha value is -1.13. The smallest absolute Gasteiger partial charge is 0.178 e. The molecule has 5 rings (SSSR count). The maximum Gasteiger partial charge on any atom is 0.178 e. The van der Waals surface area contributed by atoms with Crippen LogP contribution in [-0.4, -0.2) is 25.4 Å². The zero-order chi connectivity index (χ0) is 21.8. The molecule has 3 saturated carbocycles. The SMILES string of the molecule is C[C@H](CS(=O)(=O)c1ccccc1)C1CCC2C3CC=C4CC(O)CC[C@@H]4C3CCC21C. The molecule has 6 unspecified atom stereocenters. The second-order valence-corrected chi connectivity index (χ2v) is 13.3. The molecule has 1 aromatic rings. The molecule has 0 spiro atoms. The van der Waals surface area contributed by atoms with E-state index in [4.69, 9.17) is 0 Å². The van der Waals surface area contributed by atoms with Crippen molar-refractivity contribution >= 4 is 9.84 Å². The van der Waals surface area contributed by atoms with Crippen LogP contribution in [-0.2, 0) is 9.84 Å². The van der Waals surface area contributed by atoms with Crippen molar-refractivity contribution in [3.05, 3.63) is 42.0 Å². The van der Waals surface area contributed by atoms with Gasteiger partial charge < -0.3 is 5.11 Å². The van der Waals surface area contributed by atoms with Crippen LogP contribution in [0.4, 0.5) is 0 Å². The van der Waals surface area contributed by atoms with Gasteiger partial charge in [0.2, 0.25) is 0 Å². The van der Waals surface area contributed by atoms with Gasteiger partial charge in [-0.15, -0.1) is 0 Å². The van der Waals surface area contributed by atoms with E-state index in [-0.39, 0.29) is 23.2 Å². The van der Waals surface area contributed by atoms with Gasteiger partial charge in [-0.2, -0.15) is 0 Å². The first-order valence-corrected chi connectivity index (χ1v) is 14.1. The lowest BCUT2D eigenvalue weighted by molar-refractivity contribution is -0.0266. The molecule has 0 aliphatic heterocycles. The average Bonchev–Trinajstić information content (AvgIpc) is 3.11. The maximum atomic E-state index is 13.0. The molecule has 31 heavy (non-hydrogen) atoms. The molecule has 4 heteroatoms. The van der Waals surface area contributed by atoms with Gasteiger partial charge in [-0.1, -0.05) is 43.7 Å². The molecule has 170 valence electrons. The van der Waals surface area contributed by atoms with Crippen molar-refractivity contribution < 1.29 is 13.5 Å². The molecule has 0 radical (unpaired) electrons. The monoisotopic (exact) mass is 442 g/mol. The number of sulfone groups is 1. The number of aliphatic hydroxyl groups excluding tert-OH is 1. The molecular formula is C27H38O3S. The molecule has 0 aromatic heterocycles. The van der Waals surface area contributed by atoms with Gasteiger partial charge in [0.15, 0.2) is 9.84 Å². The quantitative estimate of drug-likeness (QED) is 0.613. The third-order valence-electron chi connectivity index (χ3n) is 9.76. The summed E-state index contributed by atoms with van der Waals surface area (Å²) >= 11 is 0. The first kappa shape index (κ1) is 21.7. The number of hydrogen-bond donors (Lipinski definition) is 1. The molecule has 3 fully saturated rings. The Bertz CT molecular complexity index is 936. The lowest BCUT2D eigenvalue weighted by atomic mass is 9.51. The summed E-state index contributed by atoms with van der Waals surface area (Å²) in [7, 11) is -3.24. The van der Waals surface area contributed by atoms with E-state index < -0.39 is 9.84 Å². The Morgan fingerprint density at radius 3 is 2.61 bits per heavy atom. The van der Waals surface area contributed by atoms with Crippen LogP contribution in [0.5, 0.6) is 0 Å². The third-order valence-corrected chi connectivity index (χ3v) is 11.7. The topological polar surface area (TPSA) is 54.4 Å². The molecule has 1 aromatic carbocycles. The van der Waals surface area contributed by atoms with E-state index in [2.05, 4.69) is 19.9 Å². The van der Waals surface area contributed by atoms with Gasteiger partial charge in [0.05, 0.1) is 16.8 Å². The van der Waals surface area contributed by atoms with Crippen molar-refractivity contribution in [1.29, 1.82) is 0 Å². The molecule has 0 bridgehead atoms. The van der Waals surface area contributed by atoms with Gasteiger partial charge >= 0.3 is 0 Å². The van der Waals surface area contributed by atoms with Crippen LogP contribution in [0, 0.1) is 40.9 Å². The minimum atomic E-state index is -3.24. The minimum Gasteiger partial charge on any atom is -0.393 e. The number of rotatable bonds is 4. The van der Waals surface area contributed by atoms with Crippen molar-refractivity contribution in [3.8, 4) is 0 Å². The number of benzene rings is 1. The number of aliphatic hydroxyl groups is 1. The number of hydrogen-bond acceptors (Lipinski definition) is 3. The van der Waals surface area contributed by atoms with Crippen LogP contribution >= 0.6 is 0 Å². The summed E-state index contributed by atoms with van der Waals surface area (Å²) in [5.41, 5.74) is 1.81. The van der Waals surface area contributed by atoms with E-state index in [0.717, 1.165) is 37.0 Å². The van der Waals surface area contributed by atoms with Gasteiger partial charge in [-0.3, -0.25) is 0 Å². The van der Waals surface area contributed by atoms with Gasteiger partial charge in [-0.25, -0.2) is 8.42 Å². The molecule has 0 heterocycles. The Morgan fingerprint density at radius 2 is 1.84 bits per heavy atom. The van der Waals surface area contributed by atoms with E-state index in [1.54, 1.807) is 17.7 Å². The molecule has 0 saturated heterocycles. The zero-order valence-corrected chi connectivity index (χ0v) is 19.9. The fraction of sp³-hybridized carbons (Fsp3) is 0.704. The fourth-order valence-electron chi connectivity index (χ4n) is 8.41. The third kappa shape index (κ3) is 3.72. The first-order chi connectivity index (χ1) is 14.8. The van der Waals surface area contributed by atoms with Crippen molar-refractivity contribution in [2.24, 2.45) is 40.9 Å². The normalized spacial score (nSPS) is 40.9. The number of allylic oxidation sites excluding steroid dienone is 1. The second kappa shape index (κ2) is 8.02. The lowest BCUT2D eigenvalue weighted by Crippen LogP contribution is -2.47. The van der Waals surface area contributed by atoms with Crippen LogP contribution in [0.15, 0.2) is 46.9 Å². The molecule has 1 N–H and O–H groups in total. The standard InChI is InChI=1S/C27H38O3S/c1-18(17-31(29,30)21-6-4-3-5-7-21)25-12-13-26-24-10-8-19-16-20(28)9-11-22(19)23(24)14-15-27(25,26)2/h3-8,18,20,22-26,28H,9-17H2,1-2H3/t18-,20?,22+,23?,24?,25?,26?,27?/m1/s1. The van der Waals surface area contributed by atoms with Crippen LogP contribution in [0.3, 0.4) is 0 Å². The van der Waals surface area contributed by atoms with Gasteiger partial charge in [0.1, 0.15) is 0 Å². The van der Waals surface area contributed by atoms with Crippen LogP contribution in [0.1, 0.15) is 65.2 Å². The van der Waals surface area contributed by atoms with Gasteiger partial charge in [0, 0.05) is 0 Å². The van der Waals surface area contributed by atoms with Gasteiger partial charge in [0.25, 0.3) is 0 Å². The van der Waals surface area contributed by atoms with E-state index >= 15 is 0 Å². The van der Waals surface area contributed by atoms with Crippen molar-refractivity contribution in [2.75, 3.05) is 5.75 Å².